The van der Waals surface area contributed by atoms with E-state index in [-0.39, 0.29) is 0 Å². The van der Waals surface area contributed by atoms with Gasteiger partial charge in [0.15, 0.2) is 0 Å². The van der Waals surface area contributed by atoms with E-state index in [1.54, 1.807) is 7.11 Å². The first-order chi connectivity index (χ1) is 8.33. The van der Waals surface area contributed by atoms with Crippen LogP contribution in [-0.4, -0.2) is 25.8 Å². The van der Waals surface area contributed by atoms with E-state index in [0.29, 0.717) is 12.1 Å². The smallest absolute Gasteiger partial charge is 0.0615 e. The molecule has 1 unspecified atom stereocenters. The van der Waals surface area contributed by atoms with Crippen LogP contribution in [0.2, 0.25) is 0 Å². The third-order valence-corrected chi connectivity index (χ3v) is 3.74. The normalized spacial score (nSPS) is 25.3. The highest BCUT2D eigenvalue weighted by Crippen LogP contribution is 2.36. The summed E-state index contributed by atoms with van der Waals surface area (Å²) in [6.07, 6.45) is 3.68. The summed E-state index contributed by atoms with van der Waals surface area (Å²) in [6, 6.07) is 12.0. The quantitative estimate of drug-likeness (QED) is 0.815. The first-order valence-corrected chi connectivity index (χ1v) is 6.63. The Kier molecular flexibility index (Phi) is 4.57. The lowest BCUT2D eigenvalue weighted by atomic mass is 9.75. The third-order valence-electron chi connectivity index (χ3n) is 3.74. The lowest BCUT2D eigenvalue weighted by Gasteiger charge is -2.38. The van der Waals surface area contributed by atoms with Gasteiger partial charge in [-0.15, -0.1) is 0 Å². The molecule has 0 aromatic heterocycles. The van der Waals surface area contributed by atoms with Gasteiger partial charge in [0, 0.05) is 19.2 Å². The number of ether oxygens (including phenoxy) is 1. The predicted octanol–water partition coefficient (Wildman–Crippen LogP) is 2.95. The average Bonchev–Trinajstić information content (AvgIpc) is 2.33. The van der Waals surface area contributed by atoms with Crippen molar-refractivity contribution >= 4 is 0 Å². The van der Waals surface area contributed by atoms with Gasteiger partial charge in [-0.05, 0) is 30.7 Å². The molecule has 1 aliphatic carbocycles. The maximum Gasteiger partial charge on any atom is 0.0615 e. The minimum Gasteiger partial charge on any atom is -0.383 e. The van der Waals surface area contributed by atoms with Gasteiger partial charge in [-0.3, -0.25) is 0 Å². The third kappa shape index (κ3) is 3.30. The van der Waals surface area contributed by atoms with Crippen molar-refractivity contribution in [3.8, 4) is 0 Å². The van der Waals surface area contributed by atoms with Crippen LogP contribution in [0.1, 0.15) is 37.7 Å². The summed E-state index contributed by atoms with van der Waals surface area (Å²) in [5.41, 5.74) is 1.49. The fourth-order valence-electron chi connectivity index (χ4n) is 2.57. The fraction of sp³-hybridized carbons (Fsp3) is 0.600. The Labute approximate surface area is 104 Å². The fourth-order valence-corrected chi connectivity index (χ4v) is 2.57. The zero-order valence-electron chi connectivity index (χ0n) is 10.9. The van der Waals surface area contributed by atoms with Crippen LogP contribution in [0.15, 0.2) is 30.3 Å². The van der Waals surface area contributed by atoms with Gasteiger partial charge in [-0.25, -0.2) is 0 Å². The maximum absolute atomic E-state index is 5.21. The monoisotopic (exact) mass is 233 g/mol. The number of rotatable bonds is 6. The highest BCUT2D eigenvalue weighted by molar-refractivity contribution is 5.22. The van der Waals surface area contributed by atoms with Crippen molar-refractivity contribution < 1.29 is 4.74 Å². The molecule has 0 amide bonds. The topological polar surface area (TPSA) is 21.3 Å². The van der Waals surface area contributed by atoms with Crippen molar-refractivity contribution in [2.24, 2.45) is 0 Å². The molecule has 0 radical (unpaired) electrons. The van der Waals surface area contributed by atoms with Crippen LogP contribution in [0.4, 0.5) is 0 Å². The van der Waals surface area contributed by atoms with Crippen LogP contribution in [0, 0.1) is 0 Å². The number of hydrogen-bond acceptors (Lipinski definition) is 2. The van der Waals surface area contributed by atoms with Crippen LogP contribution in [0.5, 0.6) is 0 Å². The second-order valence-electron chi connectivity index (χ2n) is 5.00. The number of nitrogens with one attached hydrogen (secondary N) is 1. The zero-order chi connectivity index (χ0) is 12.1. The molecule has 1 aromatic carbocycles. The van der Waals surface area contributed by atoms with Gasteiger partial charge in [0.25, 0.3) is 0 Å². The zero-order valence-corrected chi connectivity index (χ0v) is 10.9. The number of benzene rings is 1. The molecule has 2 nitrogen and oxygen atoms in total. The maximum atomic E-state index is 5.21. The molecular formula is C15H23NO. The van der Waals surface area contributed by atoms with Crippen molar-refractivity contribution in [2.75, 3.05) is 13.7 Å². The van der Waals surface area contributed by atoms with Crippen LogP contribution < -0.4 is 5.32 Å². The minimum absolute atomic E-state index is 0.515. The summed E-state index contributed by atoms with van der Waals surface area (Å²) in [6.45, 7) is 3.03. The molecule has 1 atom stereocenters. The Bertz CT molecular complexity index is 319. The van der Waals surface area contributed by atoms with E-state index in [0.717, 1.165) is 18.9 Å². The van der Waals surface area contributed by atoms with Crippen molar-refractivity contribution in [1.82, 2.24) is 5.32 Å². The highest BCUT2D eigenvalue weighted by atomic mass is 16.5. The molecule has 0 spiro atoms. The van der Waals surface area contributed by atoms with Crippen LogP contribution in [0.25, 0.3) is 0 Å². The summed E-state index contributed by atoms with van der Waals surface area (Å²) in [5, 5.41) is 3.68. The van der Waals surface area contributed by atoms with E-state index in [4.69, 9.17) is 4.74 Å². The molecule has 0 heterocycles. The Morgan fingerprint density at radius 3 is 2.59 bits per heavy atom. The highest BCUT2D eigenvalue weighted by Gasteiger charge is 2.30. The van der Waals surface area contributed by atoms with Gasteiger partial charge in [-0.1, -0.05) is 37.3 Å². The van der Waals surface area contributed by atoms with Gasteiger partial charge in [0.2, 0.25) is 0 Å². The second kappa shape index (κ2) is 6.18. The van der Waals surface area contributed by atoms with Crippen molar-refractivity contribution in [1.29, 1.82) is 0 Å². The molecule has 1 aromatic rings. The summed E-state index contributed by atoms with van der Waals surface area (Å²) in [5.74, 6) is 0.758. The van der Waals surface area contributed by atoms with E-state index in [1.807, 2.05) is 0 Å². The predicted molar refractivity (Wildman–Crippen MR) is 71.3 cm³/mol. The molecule has 17 heavy (non-hydrogen) atoms. The van der Waals surface area contributed by atoms with Gasteiger partial charge in [0.1, 0.15) is 0 Å². The molecule has 0 bridgehead atoms. The molecule has 0 saturated heterocycles. The largest absolute Gasteiger partial charge is 0.383 e. The number of methoxy groups -OCH3 is 1. The molecule has 2 heteroatoms. The SMILES string of the molecule is CCC(COC)NC1CC(c2ccccc2)C1. The van der Waals surface area contributed by atoms with E-state index < -0.39 is 0 Å². The van der Waals surface area contributed by atoms with Crippen LogP contribution in [0.3, 0.4) is 0 Å². The standard InChI is InChI=1S/C15H23NO/c1-3-14(11-17-2)16-15-9-13(10-15)12-7-5-4-6-8-12/h4-8,13-16H,3,9-11H2,1-2H3. The Balaban J connectivity index is 1.75. The van der Waals surface area contributed by atoms with E-state index in [9.17, 15) is 0 Å². The van der Waals surface area contributed by atoms with Crippen LogP contribution >= 0.6 is 0 Å². The first kappa shape index (κ1) is 12.6. The average molecular weight is 233 g/mol. The Hall–Kier alpha value is -0.860. The Morgan fingerprint density at radius 1 is 1.29 bits per heavy atom. The molecule has 1 saturated carbocycles. The van der Waals surface area contributed by atoms with Crippen LogP contribution in [-0.2, 0) is 4.74 Å². The molecule has 94 valence electrons. The van der Waals surface area contributed by atoms with Gasteiger partial charge >= 0.3 is 0 Å². The summed E-state index contributed by atoms with van der Waals surface area (Å²) in [4.78, 5) is 0. The molecular weight excluding hydrogens is 210 g/mol. The van der Waals surface area contributed by atoms with Crippen molar-refractivity contribution in [3.63, 3.8) is 0 Å². The lowest BCUT2D eigenvalue weighted by Crippen LogP contribution is -2.46. The Morgan fingerprint density at radius 2 is 2.00 bits per heavy atom. The summed E-state index contributed by atoms with van der Waals surface area (Å²) >= 11 is 0. The molecule has 0 aliphatic heterocycles. The number of hydrogen-bond donors (Lipinski definition) is 1. The van der Waals surface area contributed by atoms with Crippen molar-refractivity contribution in [2.45, 2.75) is 44.2 Å². The van der Waals surface area contributed by atoms with E-state index >= 15 is 0 Å². The van der Waals surface area contributed by atoms with Crippen molar-refractivity contribution in [3.05, 3.63) is 35.9 Å². The van der Waals surface area contributed by atoms with Gasteiger partial charge in [-0.2, -0.15) is 0 Å². The summed E-state index contributed by atoms with van der Waals surface area (Å²) < 4.78 is 5.21. The molecule has 2 rings (SSSR count). The first-order valence-electron chi connectivity index (χ1n) is 6.63. The lowest BCUT2D eigenvalue weighted by molar-refractivity contribution is 0.144. The van der Waals surface area contributed by atoms with Gasteiger partial charge in [0.05, 0.1) is 6.61 Å². The molecule has 1 N–H and O–H groups in total. The second-order valence-corrected chi connectivity index (χ2v) is 5.00. The molecule has 1 aliphatic rings. The van der Waals surface area contributed by atoms with E-state index in [2.05, 4.69) is 42.6 Å². The minimum atomic E-state index is 0.515. The van der Waals surface area contributed by atoms with E-state index in [1.165, 1.54) is 18.4 Å². The molecule has 1 fully saturated rings. The summed E-state index contributed by atoms with van der Waals surface area (Å²) in [7, 11) is 1.78. The van der Waals surface area contributed by atoms with Gasteiger partial charge < -0.3 is 10.1 Å².